The molecule has 0 aliphatic carbocycles. The van der Waals surface area contributed by atoms with Gasteiger partial charge in [0.05, 0.1) is 7.11 Å². The van der Waals surface area contributed by atoms with Gasteiger partial charge in [0.15, 0.2) is 0 Å². The number of hydrogen-bond donors (Lipinski definition) is 1. The Morgan fingerprint density at radius 2 is 1.68 bits per heavy atom. The van der Waals surface area contributed by atoms with E-state index in [-0.39, 0.29) is 5.97 Å². The molecular formula is C19H36O2S. The lowest BCUT2D eigenvalue weighted by Gasteiger charge is -2.07. The van der Waals surface area contributed by atoms with E-state index in [1.165, 1.54) is 64.9 Å². The third kappa shape index (κ3) is 15.9. The molecule has 0 saturated heterocycles. The molecule has 2 nitrogen and oxygen atoms in total. The molecule has 1 unspecified atom stereocenters. The molecule has 0 amide bonds. The third-order valence-corrected chi connectivity index (χ3v) is 4.41. The van der Waals surface area contributed by atoms with Crippen molar-refractivity contribution in [1.82, 2.24) is 0 Å². The predicted octanol–water partition coefficient (Wildman–Crippen LogP) is 6.11. The number of unbranched alkanes of at least 4 members (excludes halogenated alkanes) is 8. The van der Waals surface area contributed by atoms with Crippen LogP contribution in [0.3, 0.4) is 0 Å². The molecule has 0 spiro atoms. The topological polar surface area (TPSA) is 26.3 Å². The molecule has 0 N–H and O–H groups in total. The number of carbonyl (C=O) groups is 1. The van der Waals surface area contributed by atoms with E-state index in [1.54, 1.807) is 0 Å². The Morgan fingerprint density at radius 1 is 1.00 bits per heavy atom. The molecule has 0 aromatic carbocycles. The van der Waals surface area contributed by atoms with Crippen LogP contribution in [0, 0.1) is 0 Å². The minimum atomic E-state index is -0.0843. The molecule has 130 valence electrons. The van der Waals surface area contributed by atoms with Gasteiger partial charge in [-0.2, -0.15) is 12.6 Å². The Balaban J connectivity index is 3.28. The maximum atomic E-state index is 10.9. The number of methoxy groups -OCH3 is 1. The molecule has 0 rings (SSSR count). The third-order valence-electron chi connectivity index (χ3n) is 3.95. The largest absolute Gasteiger partial charge is 0.469 e. The van der Waals surface area contributed by atoms with Crippen LogP contribution in [-0.4, -0.2) is 18.3 Å². The second-order valence-electron chi connectivity index (χ2n) is 6.09. The van der Waals surface area contributed by atoms with E-state index in [0.717, 1.165) is 19.3 Å². The van der Waals surface area contributed by atoms with E-state index >= 15 is 0 Å². The van der Waals surface area contributed by atoms with Crippen LogP contribution in [0.2, 0.25) is 0 Å². The normalized spacial score (nSPS) is 12.7. The number of thiol groups is 1. The highest BCUT2D eigenvalue weighted by molar-refractivity contribution is 7.80. The van der Waals surface area contributed by atoms with Crippen molar-refractivity contribution in [1.29, 1.82) is 0 Å². The van der Waals surface area contributed by atoms with E-state index in [2.05, 4.69) is 36.4 Å². The number of allylic oxidation sites excluding steroid dienone is 2. The van der Waals surface area contributed by atoms with Crippen LogP contribution < -0.4 is 0 Å². The van der Waals surface area contributed by atoms with Gasteiger partial charge in [0.2, 0.25) is 0 Å². The average Bonchev–Trinajstić information content (AvgIpc) is 2.53. The summed E-state index contributed by atoms with van der Waals surface area (Å²) in [6.45, 7) is 2.25. The van der Waals surface area contributed by atoms with Gasteiger partial charge in [-0.25, -0.2) is 0 Å². The van der Waals surface area contributed by atoms with Crippen molar-refractivity contribution in [2.24, 2.45) is 0 Å². The van der Waals surface area contributed by atoms with Crippen molar-refractivity contribution in [3.63, 3.8) is 0 Å². The van der Waals surface area contributed by atoms with Gasteiger partial charge >= 0.3 is 5.97 Å². The molecule has 3 heteroatoms. The molecule has 1 atom stereocenters. The minimum Gasteiger partial charge on any atom is -0.469 e. The first-order chi connectivity index (χ1) is 10.7. The molecule has 0 heterocycles. The number of rotatable bonds is 15. The summed E-state index contributed by atoms with van der Waals surface area (Å²) in [5.74, 6) is -0.0843. The summed E-state index contributed by atoms with van der Waals surface area (Å²) in [5.41, 5.74) is 0. The summed E-state index contributed by atoms with van der Waals surface area (Å²) >= 11 is 4.65. The summed E-state index contributed by atoms with van der Waals surface area (Å²) in [7, 11) is 1.45. The van der Waals surface area contributed by atoms with Crippen molar-refractivity contribution < 1.29 is 9.53 Å². The highest BCUT2D eigenvalue weighted by Crippen LogP contribution is 2.14. The molecule has 0 aliphatic rings. The number of hydrogen-bond acceptors (Lipinski definition) is 3. The Kier molecular flexibility index (Phi) is 16.6. The van der Waals surface area contributed by atoms with Crippen LogP contribution in [0.25, 0.3) is 0 Å². The minimum absolute atomic E-state index is 0.0843. The molecule has 0 aliphatic heterocycles. The number of ether oxygens (including phenoxy) is 1. The Bertz CT molecular complexity index is 277. The Hall–Kier alpha value is -0.440. The van der Waals surface area contributed by atoms with Gasteiger partial charge in [-0.15, -0.1) is 0 Å². The standard InChI is InChI=1S/C19H36O2S/c1-3-4-5-12-15-18(22)16-13-10-8-6-7-9-11-14-17-19(20)21-2/h10,13,18,22H,3-9,11-12,14-17H2,1-2H3/b13-10-. The van der Waals surface area contributed by atoms with Gasteiger partial charge in [0.25, 0.3) is 0 Å². The van der Waals surface area contributed by atoms with Crippen LogP contribution in [0.15, 0.2) is 12.2 Å². The van der Waals surface area contributed by atoms with Gasteiger partial charge < -0.3 is 4.74 Å². The lowest BCUT2D eigenvalue weighted by Crippen LogP contribution is -1.99. The summed E-state index contributed by atoms with van der Waals surface area (Å²) in [6.07, 6.45) is 19.9. The predicted molar refractivity (Wildman–Crippen MR) is 99.6 cm³/mol. The fourth-order valence-corrected chi connectivity index (χ4v) is 2.76. The van der Waals surface area contributed by atoms with Gasteiger partial charge in [0, 0.05) is 11.7 Å². The van der Waals surface area contributed by atoms with E-state index in [0.29, 0.717) is 11.7 Å². The second kappa shape index (κ2) is 16.9. The summed E-state index contributed by atoms with van der Waals surface area (Å²) in [4.78, 5) is 10.9. The highest BCUT2D eigenvalue weighted by Gasteiger charge is 2.00. The van der Waals surface area contributed by atoms with Crippen molar-refractivity contribution >= 4 is 18.6 Å². The number of carbonyl (C=O) groups excluding carboxylic acids is 1. The number of esters is 1. The first kappa shape index (κ1) is 21.6. The molecule has 0 aromatic heterocycles. The van der Waals surface area contributed by atoms with E-state index in [1.807, 2.05) is 0 Å². The zero-order valence-electron chi connectivity index (χ0n) is 14.7. The Morgan fingerprint density at radius 3 is 2.41 bits per heavy atom. The smallest absolute Gasteiger partial charge is 0.305 e. The fraction of sp³-hybridized carbons (Fsp3) is 0.842. The molecule has 0 bridgehead atoms. The van der Waals surface area contributed by atoms with Crippen molar-refractivity contribution in [3.05, 3.63) is 12.2 Å². The van der Waals surface area contributed by atoms with Gasteiger partial charge in [-0.1, -0.05) is 64.0 Å². The monoisotopic (exact) mass is 328 g/mol. The molecule has 0 aromatic rings. The molecule has 22 heavy (non-hydrogen) atoms. The van der Waals surface area contributed by atoms with Crippen molar-refractivity contribution in [3.8, 4) is 0 Å². The second-order valence-corrected chi connectivity index (χ2v) is 6.82. The summed E-state index contributed by atoms with van der Waals surface area (Å²) < 4.78 is 4.62. The van der Waals surface area contributed by atoms with Crippen molar-refractivity contribution in [2.45, 2.75) is 95.6 Å². The maximum absolute atomic E-state index is 10.9. The van der Waals surface area contributed by atoms with Gasteiger partial charge in [-0.3, -0.25) is 4.79 Å². The van der Waals surface area contributed by atoms with Crippen LogP contribution in [0.1, 0.15) is 90.4 Å². The first-order valence-corrected chi connectivity index (χ1v) is 9.62. The van der Waals surface area contributed by atoms with Gasteiger partial charge in [-0.05, 0) is 32.1 Å². The quantitative estimate of drug-likeness (QED) is 0.170. The summed E-state index contributed by atoms with van der Waals surface area (Å²) in [5, 5.41) is 0.534. The zero-order chi connectivity index (χ0) is 16.5. The lowest BCUT2D eigenvalue weighted by atomic mass is 10.1. The van der Waals surface area contributed by atoms with Crippen LogP contribution in [-0.2, 0) is 9.53 Å². The SMILES string of the molecule is CCCCCCC(S)C/C=C\CCCCCCCC(=O)OC. The summed E-state index contributed by atoms with van der Waals surface area (Å²) in [6, 6.07) is 0. The molecule has 0 radical (unpaired) electrons. The lowest BCUT2D eigenvalue weighted by molar-refractivity contribution is -0.140. The van der Waals surface area contributed by atoms with E-state index in [9.17, 15) is 4.79 Å². The molecule has 0 fully saturated rings. The van der Waals surface area contributed by atoms with Crippen molar-refractivity contribution in [2.75, 3.05) is 7.11 Å². The molecular weight excluding hydrogens is 292 g/mol. The van der Waals surface area contributed by atoms with Crippen LogP contribution in [0.5, 0.6) is 0 Å². The molecule has 0 saturated carbocycles. The van der Waals surface area contributed by atoms with Gasteiger partial charge in [0.1, 0.15) is 0 Å². The fourth-order valence-electron chi connectivity index (χ4n) is 2.46. The zero-order valence-corrected chi connectivity index (χ0v) is 15.6. The maximum Gasteiger partial charge on any atom is 0.305 e. The Labute approximate surface area is 143 Å². The average molecular weight is 329 g/mol. The first-order valence-electron chi connectivity index (χ1n) is 9.10. The van der Waals surface area contributed by atoms with Crippen LogP contribution in [0.4, 0.5) is 0 Å². The highest BCUT2D eigenvalue weighted by atomic mass is 32.1. The van der Waals surface area contributed by atoms with E-state index < -0.39 is 0 Å². The van der Waals surface area contributed by atoms with E-state index in [4.69, 9.17) is 0 Å². The van der Waals surface area contributed by atoms with Crippen LogP contribution >= 0.6 is 12.6 Å².